The van der Waals surface area contributed by atoms with Crippen molar-refractivity contribution in [1.82, 2.24) is 19.7 Å². The number of nitrogens with zero attached hydrogens (tertiary/aromatic N) is 5. The molecule has 8 heteroatoms. The van der Waals surface area contributed by atoms with Crippen molar-refractivity contribution in [1.29, 1.82) is 0 Å². The lowest BCUT2D eigenvalue weighted by Gasteiger charge is -2.37. The second-order valence-electron chi connectivity index (χ2n) is 8.09. The highest BCUT2D eigenvalue weighted by molar-refractivity contribution is 7.12. The number of benzene rings is 1. The number of likely N-dealkylation sites (tertiary alicyclic amines) is 1. The van der Waals surface area contributed by atoms with Crippen molar-refractivity contribution in [2.75, 3.05) is 18.0 Å². The summed E-state index contributed by atoms with van der Waals surface area (Å²) in [4.78, 5) is 22.2. The summed E-state index contributed by atoms with van der Waals surface area (Å²) in [5, 5.41) is 6.48. The van der Waals surface area contributed by atoms with E-state index in [1.807, 2.05) is 23.6 Å². The second kappa shape index (κ2) is 9.64. The summed E-state index contributed by atoms with van der Waals surface area (Å²) in [7, 11) is 0. The third kappa shape index (κ3) is 4.72. The van der Waals surface area contributed by atoms with Gasteiger partial charge < -0.3 is 0 Å². The van der Waals surface area contributed by atoms with Gasteiger partial charge in [-0.15, -0.1) is 16.4 Å². The molecular formula is C25H24FN5OS. The van der Waals surface area contributed by atoms with Crippen molar-refractivity contribution in [3.8, 4) is 5.69 Å². The summed E-state index contributed by atoms with van der Waals surface area (Å²) in [6.07, 6.45) is 6.07. The van der Waals surface area contributed by atoms with Gasteiger partial charge in [0.25, 0.3) is 5.91 Å². The maximum absolute atomic E-state index is 14.2. The number of pyridine rings is 1. The first-order chi connectivity index (χ1) is 16.2. The minimum atomic E-state index is -0.461. The molecule has 1 aromatic carbocycles. The average Bonchev–Trinajstić information content (AvgIpc) is 3.54. The molecule has 1 aliphatic rings. The number of amides is 1. The Morgan fingerprint density at radius 3 is 2.64 bits per heavy atom. The number of hydrogen-bond acceptors (Lipinski definition) is 5. The lowest BCUT2D eigenvalue weighted by molar-refractivity contribution is 0.0961. The molecule has 1 saturated heterocycles. The molecule has 0 radical (unpaired) electrons. The van der Waals surface area contributed by atoms with E-state index in [1.54, 1.807) is 23.2 Å². The van der Waals surface area contributed by atoms with Crippen molar-refractivity contribution in [2.45, 2.75) is 25.4 Å². The Kier molecular flexibility index (Phi) is 6.28. The summed E-state index contributed by atoms with van der Waals surface area (Å²) < 4.78 is 15.7. The van der Waals surface area contributed by atoms with Gasteiger partial charge >= 0.3 is 0 Å². The molecule has 1 aliphatic heterocycles. The van der Waals surface area contributed by atoms with E-state index in [2.05, 4.69) is 39.2 Å². The van der Waals surface area contributed by atoms with Gasteiger partial charge in [0.1, 0.15) is 5.69 Å². The van der Waals surface area contributed by atoms with Crippen LogP contribution in [0.5, 0.6) is 0 Å². The smallest absolute Gasteiger partial charge is 0.269 e. The van der Waals surface area contributed by atoms with Gasteiger partial charge in [0.05, 0.1) is 11.1 Å². The molecule has 0 aliphatic carbocycles. The number of carbonyl (C=O) groups is 1. The van der Waals surface area contributed by atoms with Crippen LogP contribution in [-0.2, 0) is 6.54 Å². The molecule has 0 bridgehead atoms. The van der Waals surface area contributed by atoms with E-state index in [0.717, 1.165) is 38.7 Å². The lowest BCUT2D eigenvalue weighted by Crippen LogP contribution is -2.47. The standard InChI is InChI=1S/C25H24FN5OS/c26-21-17-27-12-8-22(21)30-15-11-24(28-30)31(25(32)23-7-4-16-33-23)20-9-13-29(14-10-20)18-19-5-2-1-3-6-19/h1-8,11-12,15-17,20H,9-10,13-14,18H2. The van der Waals surface area contributed by atoms with Gasteiger partial charge in [0.2, 0.25) is 0 Å². The Morgan fingerprint density at radius 2 is 1.91 bits per heavy atom. The van der Waals surface area contributed by atoms with Crippen LogP contribution in [0, 0.1) is 5.82 Å². The number of aromatic nitrogens is 3. The second-order valence-corrected chi connectivity index (χ2v) is 9.04. The van der Waals surface area contributed by atoms with Crippen LogP contribution in [0.4, 0.5) is 10.2 Å². The van der Waals surface area contributed by atoms with E-state index in [1.165, 1.54) is 27.8 Å². The van der Waals surface area contributed by atoms with Crippen molar-refractivity contribution >= 4 is 23.1 Å². The predicted molar refractivity (Wildman–Crippen MR) is 127 cm³/mol. The number of hydrogen-bond donors (Lipinski definition) is 0. The average molecular weight is 462 g/mol. The number of halogens is 1. The Morgan fingerprint density at radius 1 is 1.09 bits per heavy atom. The van der Waals surface area contributed by atoms with Crippen LogP contribution in [0.15, 0.2) is 78.6 Å². The maximum Gasteiger partial charge on any atom is 0.269 e. The molecule has 0 spiro atoms. The molecule has 6 nitrogen and oxygen atoms in total. The fourth-order valence-corrected chi connectivity index (χ4v) is 4.94. The molecule has 0 atom stereocenters. The third-order valence-corrected chi connectivity index (χ3v) is 6.80. The molecule has 0 saturated carbocycles. The van der Waals surface area contributed by atoms with E-state index in [4.69, 9.17) is 0 Å². The van der Waals surface area contributed by atoms with Crippen LogP contribution in [0.25, 0.3) is 5.69 Å². The van der Waals surface area contributed by atoms with Crippen molar-refractivity contribution < 1.29 is 9.18 Å². The maximum atomic E-state index is 14.2. The summed E-state index contributed by atoms with van der Waals surface area (Å²) >= 11 is 1.42. The summed E-state index contributed by atoms with van der Waals surface area (Å²) in [5.74, 6) is 0.00980. The number of anilines is 1. The molecule has 4 aromatic rings. The fourth-order valence-electron chi connectivity index (χ4n) is 4.28. The highest BCUT2D eigenvalue weighted by Gasteiger charge is 2.32. The van der Waals surface area contributed by atoms with Gasteiger partial charge in [0, 0.05) is 44.1 Å². The zero-order chi connectivity index (χ0) is 22.6. The Bertz CT molecular complexity index is 1200. The van der Waals surface area contributed by atoms with Gasteiger partial charge in [-0.1, -0.05) is 36.4 Å². The number of piperidine rings is 1. The minimum Gasteiger partial charge on any atom is -0.299 e. The first-order valence-electron chi connectivity index (χ1n) is 11.0. The van der Waals surface area contributed by atoms with Crippen LogP contribution in [-0.4, -0.2) is 44.7 Å². The topological polar surface area (TPSA) is 54.3 Å². The highest BCUT2D eigenvalue weighted by atomic mass is 32.1. The third-order valence-electron chi connectivity index (χ3n) is 5.94. The van der Waals surface area contributed by atoms with Crippen molar-refractivity contribution in [2.24, 2.45) is 0 Å². The Balaban J connectivity index is 1.37. The largest absolute Gasteiger partial charge is 0.299 e. The van der Waals surface area contributed by atoms with Gasteiger partial charge in [-0.25, -0.2) is 9.07 Å². The number of rotatable bonds is 6. The first-order valence-corrected chi connectivity index (χ1v) is 11.9. The van der Waals surface area contributed by atoms with Gasteiger partial charge in [-0.3, -0.25) is 19.6 Å². The molecule has 0 unspecified atom stereocenters. The zero-order valence-corrected chi connectivity index (χ0v) is 18.9. The molecule has 3 aromatic heterocycles. The van der Waals surface area contributed by atoms with Crippen LogP contribution < -0.4 is 4.90 Å². The monoisotopic (exact) mass is 461 g/mol. The molecular weight excluding hydrogens is 437 g/mol. The van der Waals surface area contributed by atoms with Crippen LogP contribution in [0.1, 0.15) is 28.1 Å². The van der Waals surface area contributed by atoms with Gasteiger partial charge in [0.15, 0.2) is 11.6 Å². The van der Waals surface area contributed by atoms with E-state index in [9.17, 15) is 9.18 Å². The molecule has 168 valence electrons. The molecule has 33 heavy (non-hydrogen) atoms. The molecule has 0 N–H and O–H groups in total. The zero-order valence-electron chi connectivity index (χ0n) is 18.0. The van der Waals surface area contributed by atoms with E-state index in [-0.39, 0.29) is 11.9 Å². The summed E-state index contributed by atoms with van der Waals surface area (Å²) in [5.41, 5.74) is 1.60. The normalized spacial score (nSPS) is 14.9. The van der Waals surface area contributed by atoms with Gasteiger partial charge in [-0.05, 0) is 35.9 Å². The van der Waals surface area contributed by atoms with E-state index >= 15 is 0 Å². The van der Waals surface area contributed by atoms with Crippen LogP contribution in [0.3, 0.4) is 0 Å². The number of carbonyl (C=O) groups excluding carboxylic acids is 1. The fraction of sp³-hybridized carbons (Fsp3) is 0.240. The Labute approximate surface area is 195 Å². The summed E-state index contributed by atoms with van der Waals surface area (Å²) in [6.45, 7) is 2.70. The Hall–Kier alpha value is -3.36. The lowest BCUT2D eigenvalue weighted by atomic mass is 10.0. The molecule has 1 fully saturated rings. The molecule has 4 heterocycles. The first kappa shape index (κ1) is 21.5. The summed E-state index contributed by atoms with van der Waals surface area (Å²) in [6, 6.07) is 17.5. The molecule has 5 rings (SSSR count). The quantitative estimate of drug-likeness (QED) is 0.415. The minimum absolute atomic E-state index is 0.0252. The van der Waals surface area contributed by atoms with Crippen LogP contribution in [0.2, 0.25) is 0 Å². The SMILES string of the molecule is O=C(c1cccs1)N(c1ccn(-c2ccncc2F)n1)C1CCN(Cc2ccccc2)CC1. The highest BCUT2D eigenvalue weighted by Crippen LogP contribution is 2.27. The van der Waals surface area contributed by atoms with E-state index < -0.39 is 5.82 Å². The predicted octanol–water partition coefficient (Wildman–Crippen LogP) is 4.78. The molecule has 1 amide bonds. The van der Waals surface area contributed by atoms with Crippen molar-refractivity contribution in [3.05, 3.63) is 94.8 Å². The van der Waals surface area contributed by atoms with Crippen LogP contribution >= 0.6 is 11.3 Å². The van der Waals surface area contributed by atoms with E-state index in [0.29, 0.717) is 16.4 Å². The van der Waals surface area contributed by atoms with Crippen molar-refractivity contribution in [3.63, 3.8) is 0 Å². The number of thiophene rings is 1. The van der Waals surface area contributed by atoms with Gasteiger partial charge in [-0.2, -0.15) is 0 Å².